The van der Waals surface area contributed by atoms with Crippen LogP contribution in [0, 0.1) is 13.8 Å². The lowest BCUT2D eigenvalue weighted by Gasteiger charge is -2.48. The van der Waals surface area contributed by atoms with Gasteiger partial charge < -0.3 is 14.2 Å². The molecule has 2 aliphatic heterocycles. The fourth-order valence-electron chi connectivity index (χ4n) is 4.02. The highest BCUT2D eigenvalue weighted by Crippen LogP contribution is 2.31. The van der Waals surface area contributed by atoms with E-state index in [-0.39, 0.29) is 5.60 Å². The number of anilines is 1. The molecule has 2 fully saturated rings. The molecule has 0 aliphatic carbocycles. The molecule has 2 aromatic rings. The van der Waals surface area contributed by atoms with Gasteiger partial charge in [-0.15, -0.1) is 0 Å². The summed E-state index contributed by atoms with van der Waals surface area (Å²) in [4.78, 5) is 13.4. The number of rotatable bonds is 3. The summed E-state index contributed by atoms with van der Waals surface area (Å²) in [6, 6.07) is 0. The number of nitrogens with zero attached hydrogens (tertiary/aromatic N) is 5. The lowest BCUT2D eigenvalue weighted by atomic mass is 9.90. The molecule has 0 aromatic carbocycles. The van der Waals surface area contributed by atoms with Crippen LogP contribution in [0.4, 0.5) is 5.82 Å². The molecule has 25 heavy (non-hydrogen) atoms. The van der Waals surface area contributed by atoms with Crippen LogP contribution in [0.25, 0.3) is 0 Å². The van der Waals surface area contributed by atoms with Gasteiger partial charge in [-0.2, -0.15) is 0 Å². The molecule has 4 heterocycles. The van der Waals surface area contributed by atoms with Crippen LogP contribution < -0.4 is 4.90 Å². The van der Waals surface area contributed by atoms with E-state index in [0.29, 0.717) is 0 Å². The van der Waals surface area contributed by atoms with Crippen molar-refractivity contribution in [2.75, 3.05) is 37.7 Å². The van der Waals surface area contributed by atoms with Crippen molar-refractivity contribution in [1.82, 2.24) is 20.0 Å². The number of likely N-dealkylation sites (tertiary alicyclic amines) is 1. The van der Waals surface area contributed by atoms with Crippen LogP contribution >= 0.6 is 0 Å². The number of ether oxygens (including phenoxy) is 1. The van der Waals surface area contributed by atoms with Gasteiger partial charge in [0.05, 0.1) is 24.1 Å². The smallest absolute Gasteiger partial charge is 0.147 e. The molecule has 0 amide bonds. The second-order valence-corrected chi connectivity index (χ2v) is 7.13. The predicted molar refractivity (Wildman–Crippen MR) is 93.4 cm³/mol. The molecule has 134 valence electrons. The Morgan fingerprint density at radius 2 is 2.12 bits per heavy atom. The molecule has 1 unspecified atom stereocenters. The van der Waals surface area contributed by atoms with E-state index in [0.717, 1.165) is 69.4 Å². The number of piperidine rings is 1. The first-order chi connectivity index (χ1) is 12.2. The van der Waals surface area contributed by atoms with E-state index in [1.807, 2.05) is 20.0 Å². The zero-order chi connectivity index (χ0) is 17.3. The second kappa shape index (κ2) is 6.72. The minimum Gasteiger partial charge on any atom is -0.370 e. The fraction of sp³-hybridized carbons (Fsp3) is 0.611. The first-order valence-corrected chi connectivity index (χ1v) is 8.94. The van der Waals surface area contributed by atoms with Crippen LogP contribution in [0.3, 0.4) is 0 Å². The third kappa shape index (κ3) is 3.39. The Morgan fingerprint density at radius 1 is 1.20 bits per heavy atom. The van der Waals surface area contributed by atoms with E-state index in [2.05, 4.69) is 24.9 Å². The van der Waals surface area contributed by atoms with Gasteiger partial charge in [-0.3, -0.25) is 9.88 Å². The Morgan fingerprint density at radius 3 is 2.88 bits per heavy atom. The Hall–Kier alpha value is -1.99. The fourth-order valence-corrected chi connectivity index (χ4v) is 4.02. The zero-order valence-corrected chi connectivity index (χ0v) is 14.9. The van der Waals surface area contributed by atoms with Gasteiger partial charge >= 0.3 is 0 Å². The molecule has 0 radical (unpaired) electrons. The Balaban J connectivity index is 1.48. The van der Waals surface area contributed by atoms with Crippen molar-refractivity contribution in [2.45, 2.75) is 38.8 Å². The summed E-state index contributed by atoms with van der Waals surface area (Å²) in [6.45, 7) is 9.34. The standard InChI is InChI=1S/C18H25N5O2/c1-14-16(15(2)25-21-14)11-22-7-3-4-18(12-22)13-23(8-9-24-18)17-10-19-5-6-20-17/h5-6,10H,3-4,7-9,11-13H2,1-2H3. The predicted octanol–water partition coefficient (Wildman–Crippen LogP) is 1.95. The highest BCUT2D eigenvalue weighted by Gasteiger charge is 2.41. The third-order valence-electron chi connectivity index (χ3n) is 5.30. The van der Waals surface area contributed by atoms with Crippen molar-refractivity contribution >= 4 is 5.82 Å². The SMILES string of the molecule is Cc1noc(C)c1CN1CCCC2(C1)CN(c1cnccn1)CCO2. The van der Waals surface area contributed by atoms with E-state index in [1.54, 1.807) is 12.4 Å². The summed E-state index contributed by atoms with van der Waals surface area (Å²) in [5.74, 6) is 1.86. The molecule has 7 nitrogen and oxygen atoms in total. The van der Waals surface area contributed by atoms with Crippen molar-refractivity contribution in [3.8, 4) is 0 Å². The van der Waals surface area contributed by atoms with Gasteiger partial charge in [0, 0.05) is 44.1 Å². The average Bonchev–Trinajstić information content (AvgIpc) is 2.95. The molecule has 2 aliphatic rings. The van der Waals surface area contributed by atoms with E-state index in [1.165, 1.54) is 5.56 Å². The van der Waals surface area contributed by atoms with Crippen molar-refractivity contribution in [3.05, 3.63) is 35.6 Å². The van der Waals surface area contributed by atoms with Gasteiger partial charge in [-0.05, 0) is 33.2 Å². The van der Waals surface area contributed by atoms with Crippen LogP contribution in [0.2, 0.25) is 0 Å². The average molecular weight is 343 g/mol. The summed E-state index contributed by atoms with van der Waals surface area (Å²) in [6.07, 6.45) is 7.52. The lowest BCUT2D eigenvalue weighted by molar-refractivity contribution is -0.0987. The van der Waals surface area contributed by atoms with E-state index in [9.17, 15) is 0 Å². The molecule has 0 bridgehead atoms. The topological polar surface area (TPSA) is 67.5 Å². The molecule has 1 atom stereocenters. The largest absolute Gasteiger partial charge is 0.370 e. The molecule has 7 heteroatoms. The summed E-state index contributed by atoms with van der Waals surface area (Å²) in [7, 11) is 0. The van der Waals surface area contributed by atoms with Crippen molar-refractivity contribution in [1.29, 1.82) is 0 Å². The normalized spacial score (nSPS) is 24.8. The number of hydrogen-bond acceptors (Lipinski definition) is 7. The highest BCUT2D eigenvalue weighted by molar-refractivity contribution is 5.36. The van der Waals surface area contributed by atoms with E-state index >= 15 is 0 Å². The van der Waals surface area contributed by atoms with Crippen LogP contribution in [-0.2, 0) is 11.3 Å². The number of hydrogen-bond donors (Lipinski definition) is 0. The molecule has 1 spiro atoms. The molecular weight excluding hydrogens is 318 g/mol. The summed E-state index contributed by atoms with van der Waals surface area (Å²) in [5.41, 5.74) is 2.06. The minimum atomic E-state index is -0.132. The number of morpholine rings is 1. The van der Waals surface area contributed by atoms with Crippen molar-refractivity contribution < 1.29 is 9.26 Å². The quantitative estimate of drug-likeness (QED) is 0.844. The monoisotopic (exact) mass is 343 g/mol. The molecule has 4 rings (SSSR count). The maximum Gasteiger partial charge on any atom is 0.147 e. The van der Waals surface area contributed by atoms with Gasteiger partial charge in [0.25, 0.3) is 0 Å². The molecule has 0 saturated carbocycles. The Bertz CT molecular complexity index is 696. The Labute approximate surface area is 148 Å². The number of aryl methyl sites for hydroxylation is 2. The summed E-state index contributed by atoms with van der Waals surface area (Å²) < 4.78 is 11.6. The van der Waals surface area contributed by atoms with Crippen LogP contribution in [-0.4, -0.2) is 58.4 Å². The molecule has 2 saturated heterocycles. The van der Waals surface area contributed by atoms with Gasteiger partial charge in [0.15, 0.2) is 0 Å². The van der Waals surface area contributed by atoms with E-state index in [4.69, 9.17) is 9.26 Å². The first-order valence-electron chi connectivity index (χ1n) is 8.94. The number of aromatic nitrogens is 3. The van der Waals surface area contributed by atoms with E-state index < -0.39 is 0 Å². The van der Waals surface area contributed by atoms with Gasteiger partial charge in [-0.25, -0.2) is 4.98 Å². The van der Waals surface area contributed by atoms with Gasteiger partial charge in [-0.1, -0.05) is 5.16 Å². The van der Waals surface area contributed by atoms with Gasteiger partial charge in [0.2, 0.25) is 0 Å². The highest BCUT2D eigenvalue weighted by atomic mass is 16.5. The van der Waals surface area contributed by atoms with Crippen LogP contribution in [0.15, 0.2) is 23.1 Å². The molecular formula is C18H25N5O2. The lowest BCUT2D eigenvalue weighted by Crippen LogP contribution is -2.59. The maximum absolute atomic E-state index is 6.30. The van der Waals surface area contributed by atoms with Crippen LogP contribution in [0.5, 0.6) is 0 Å². The second-order valence-electron chi connectivity index (χ2n) is 7.13. The first kappa shape index (κ1) is 16.5. The van der Waals surface area contributed by atoms with Gasteiger partial charge in [0.1, 0.15) is 11.6 Å². The molecule has 0 N–H and O–H groups in total. The molecule has 2 aromatic heterocycles. The van der Waals surface area contributed by atoms with Crippen molar-refractivity contribution in [3.63, 3.8) is 0 Å². The summed E-state index contributed by atoms with van der Waals surface area (Å²) >= 11 is 0. The summed E-state index contributed by atoms with van der Waals surface area (Å²) in [5, 5.41) is 4.08. The maximum atomic E-state index is 6.30. The minimum absolute atomic E-state index is 0.132. The Kier molecular flexibility index (Phi) is 4.43. The van der Waals surface area contributed by atoms with Crippen molar-refractivity contribution in [2.24, 2.45) is 0 Å². The zero-order valence-electron chi connectivity index (χ0n) is 14.9. The third-order valence-corrected chi connectivity index (χ3v) is 5.30. The van der Waals surface area contributed by atoms with Crippen LogP contribution in [0.1, 0.15) is 29.9 Å².